The summed E-state index contributed by atoms with van der Waals surface area (Å²) in [6.45, 7) is 8.48. The SMILES string of the molecule is CC(=O)NC1(C)CN(c2cc(F)c(C3CCC(=C4CC4)NC3=O)c(F)c2)C1.CCCC1CN(C(=O)N(C)C2CC2)C1. The van der Waals surface area contributed by atoms with E-state index in [1.54, 1.807) is 0 Å². The summed E-state index contributed by atoms with van der Waals surface area (Å²) in [5, 5.41) is 5.67. The molecule has 224 valence electrons. The number of amides is 4. The van der Waals surface area contributed by atoms with Gasteiger partial charge in [-0.15, -0.1) is 0 Å². The molecular weight excluding hydrogens is 528 g/mol. The number of anilines is 1. The van der Waals surface area contributed by atoms with Gasteiger partial charge in [-0.05, 0) is 69.9 Å². The van der Waals surface area contributed by atoms with Crippen molar-refractivity contribution in [2.75, 3.05) is 38.1 Å². The van der Waals surface area contributed by atoms with Crippen molar-refractivity contribution in [3.63, 3.8) is 0 Å². The highest BCUT2D eigenvalue weighted by atomic mass is 19.1. The number of halogens is 2. The Hall–Kier alpha value is -3.17. The molecule has 2 aliphatic carbocycles. The van der Waals surface area contributed by atoms with Crippen LogP contribution in [0.5, 0.6) is 0 Å². The maximum Gasteiger partial charge on any atom is 0.320 e. The Bertz CT molecular complexity index is 1210. The number of rotatable bonds is 6. The Balaban J connectivity index is 0.000000202. The molecule has 1 atom stereocenters. The van der Waals surface area contributed by atoms with E-state index in [2.05, 4.69) is 17.6 Å². The highest BCUT2D eigenvalue weighted by Crippen LogP contribution is 2.39. The number of hydrogen-bond donors (Lipinski definition) is 2. The Morgan fingerprint density at radius 3 is 2.24 bits per heavy atom. The number of likely N-dealkylation sites (tertiary alicyclic amines) is 1. The summed E-state index contributed by atoms with van der Waals surface area (Å²) in [6, 6.07) is 3.37. The summed E-state index contributed by atoms with van der Waals surface area (Å²) in [5.74, 6) is -1.88. The van der Waals surface area contributed by atoms with E-state index >= 15 is 0 Å². The maximum absolute atomic E-state index is 14.7. The van der Waals surface area contributed by atoms with Gasteiger partial charge in [0.15, 0.2) is 0 Å². The molecule has 5 aliphatic rings. The molecule has 3 heterocycles. The van der Waals surface area contributed by atoms with Crippen LogP contribution >= 0.6 is 0 Å². The number of nitrogens with one attached hydrogen (secondary N) is 2. The van der Waals surface area contributed by atoms with Gasteiger partial charge in [-0.1, -0.05) is 18.9 Å². The fourth-order valence-corrected chi connectivity index (χ4v) is 6.35. The summed E-state index contributed by atoms with van der Waals surface area (Å²) in [6.07, 6.45) is 8.00. The second-order valence-corrected chi connectivity index (χ2v) is 12.8. The van der Waals surface area contributed by atoms with Crippen LogP contribution in [-0.2, 0) is 9.59 Å². The molecule has 2 N–H and O–H groups in total. The minimum Gasteiger partial charge on any atom is -0.367 e. The highest BCUT2D eigenvalue weighted by molar-refractivity contribution is 5.86. The topological polar surface area (TPSA) is 85.0 Å². The normalized spacial score (nSPS) is 23.1. The zero-order valence-corrected chi connectivity index (χ0v) is 24.7. The highest BCUT2D eigenvalue weighted by Gasteiger charge is 2.41. The fraction of sp³-hybridized carbons (Fsp3) is 0.645. The quantitative estimate of drug-likeness (QED) is 0.521. The van der Waals surface area contributed by atoms with E-state index in [1.165, 1.54) is 50.3 Å². The predicted molar refractivity (Wildman–Crippen MR) is 153 cm³/mol. The number of benzene rings is 1. The van der Waals surface area contributed by atoms with Gasteiger partial charge in [-0.2, -0.15) is 0 Å². The van der Waals surface area contributed by atoms with E-state index in [-0.39, 0.29) is 23.4 Å². The zero-order chi connectivity index (χ0) is 29.5. The van der Waals surface area contributed by atoms with Crippen LogP contribution < -0.4 is 15.5 Å². The number of hydrogen-bond acceptors (Lipinski definition) is 4. The van der Waals surface area contributed by atoms with Crippen LogP contribution in [0.1, 0.15) is 83.6 Å². The summed E-state index contributed by atoms with van der Waals surface area (Å²) in [4.78, 5) is 41.1. The Kier molecular flexibility index (Phi) is 8.30. The molecule has 0 radical (unpaired) electrons. The molecule has 41 heavy (non-hydrogen) atoms. The van der Waals surface area contributed by atoms with Crippen LogP contribution in [0.3, 0.4) is 0 Å². The van der Waals surface area contributed by atoms with Crippen LogP contribution in [0.2, 0.25) is 0 Å². The molecule has 6 rings (SSSR count). The van der Waals surface area contributed by atoms with E-state index in [1.807, 2.05) is 28.7 Å². The second kappa shape index (κ2) is 11.6. The molecule has 0 spiro atoms. The van der Waals surface area contributed by atoms with E-state index < -0.39 is 23.1 Å². The molecule has 0 aromatic heterocycles. The van der Waals surface area contributed by atoms with E-state index in [0.717, 1.165) is 37.5 Å². The first-order valence-corrected chi connectivity index (χ1v) is 15.0. The summed E-state index contributed by atoms with van der Waals surface area (Å²) < 4.78 is 29.5. The van der Waals surface area contributed by atoms with Gasteiger partial charge < -0.3 is 25.3 Å². The number of urea groups is 1. The lowest BCUT2D eigenvalue weighted by molar-refractivity contribution is -0.123. The standard InChI is InChI=1S/C20H23F2N3O2.C11H20N2O/c1-11(26)24-20(2)9-25(10-20)13-7-15(21)18(16(22)8-13)14-5-6-17(12-3-4-12)23-19(14)27;1-3-4-9-7-13(8-9)11(14)12(2)10-5-6-10/h7-8,14H,3-6,9-10H2,1-2H3,(H,23,27)(H,24,26);9-10H,3-8H2,1-2H3. The molecule has 1 aromatic rings. The first-order valence-electron chi connectivity index (χ1n) is 15.0. The molecule has 8 nitrogen and oxygen atoms in total. The molecule has 5 fully saturated rings. The lowest BCUT2D eigenvalue weighted by atomic mass is 9.87. The number of piperidine rings is 1. The van der Waals surface area contributed by atoms with Gasteiger partial charge >= 0.3 is 6.03 Å². The van der Waals surface area contributed by atoms with Gasteiger partial charge in [0, 0.05) is 63.1 Å². The number of allylic oxidation sites excluding steroid dienone is 2. The van der Waals surface area contributed by atoms with Crippen molar-refractivity contribution in [3.8, 4) is 0 Å². The van der Waals surface area contributed by atoms with Crippen LogP contribution in [0, 0.1) is 17.6 Å². The lowest BCUT2D eigenvalue weighted by Crippen LogP contribution is -2.68. The summed E-state index contributed by atoms with van der Waals surface area (Å²) in [5.41, 5.74) is 2.06. The molecule has 1 aromatic carbocycles. The fourth-order valence-electron chi connectivity index (χ4n) is 6.35. The Morgan fingerprint density at radius 2 is 1.73 bits per heavy atom. The summed E-state index contributed by atoms with van der Waals surface area (Å²) in [7, 11) is 1.94. The van der Waals surface area contributed by atoms with Gasteiger partial charge in [-0.25, -0.2) is 13.6 Å². The average Bonchev–Trinajstić information content (AvgIpc) is 3.77. The first-order chi connectivity index (χ1) is 19.5. The second-order valence-electron chi connectivity index (χ2n) is 12.8. The predicted octanol–water partition coefficient (Wildman–Crippen LogP) is 4.65. The maximum atomic E-state index is 14.7. The number of nitrogens with zero attached hydrogens (tertiary/aromatic N) is 3. The van der Waals surface area contributed by atoms with Crippen molar-refractivity contribution in [1.29, 1.82) is 0 Å². The number of carbonyl (C=O) groups excluding carboxylic acids is 3. The van der Waals surface area contributed by atoms with Crippen molar-refractivity contribution in [2.45, 2.75) is 89.6 Å². The van der Waals surface area contributed by atoms with Gasteiger partial charge in [0.2, 0.25) is 11.8 Å². The molecule has 10 heteroatoms. The first kappa shape index (κ1) is 29.3. The third-order valence-electron chi connectivity index (χ3n) is 8.86. The van der Waals surface area contributed by atoms with Gasteiger partial charge in [0.1, 0.15) is 11.6 Å². The van der Waals surface area contributed by atoms with Gasteiger partial charge in [-0.3, -0.25) is 9.59 Å². The smallest absolute Gasteiger partial charge is 0.320 e. The molecule has 3 aliphatic heterocycles. The van der Waals surface area contributed by atoms with E-state index in [9.17, 15) is 23.2 Å². The molecule has 1 unspecified atom stereocenters. The van der Waals surface area contributed by atoms with Crippen LogP contribution in [0.15, 0.2) is 23.4 Å². The lowest BCUT2D eigenvalue weighted by Gasteiger charge is -2.49. The minimum absolute atomic E-state index is 0.131. The molecule has 3 saturated heterocycles. The minimum atomic E-state index is -0.803. The van der Waals surface area contributed by atoms with Crippen molar-refractivity contribution in [3.05, 3.63) is 40.6 Å². The zero-order valence-electron chi connectivity index (χ0n) is 24.7. The van der Waals surface area contributed by atoms with Crippen LogP contribution in [0.25, 0.3) is 0 Å². The van der Waals surface area contributed by atoms with Crippen molar-refractivity contribution < 1.29 is 23.2 Å². The van der Waals surface area contributed by atoms with Crippen molar-refractivity contribution in [1.82, 2.24) is 20.4 Å². The Morgan fingerprint density at radius 1 is 1.10 bits per heavy atom. The van der Waals surface area contributed by atoms with Crippen molar-refractivity contribution in [2.24, 2.45) is 5.92 Å². The molecular formula is C31H43F2N5O3. The van der Waals surface area contributed by atoms with E-state index in [4.69, 9.17) is 0 Å². The average molecular weight is 572 g/mol. The van der Waals surface area contributed by atoms with Crippen LogP contribution in [-0.4, -0.2) is 72.5 Å². The largest absolute Gasteiger partial charge is 0.367 e. The summed E-state index contributed by atoms with van der Waals surface area (Å²) >= 11 is 0. The Labute approximate surface area is 241 Å². The van der Waals surface area contributed by atoms with E-state index in [0.29, 0.717) is 37.7 Å². The monoisotopic (exact) mass is 571 g/mol. The van der Waals surface area contributed by atoms with Crippen LogP contribution in [0.4, 0.5) is 19.3 Å². The third-order valence-corrected chi connectivity index (χ3v) is 8.86. The van der Waals surface area contributed by atoms with Crippen molar-refractivity contribution >= 4 is 23.5 Å². The molecule has 0 bridgehead atoms. The molecule has 2 saturated carbocycles. The van der Waals surface area contributed by atoms with Gasteiger partial charge in [0.25, 0.3) is 0 Å². The molecule has 4 amide bonds. The number of carbonyl (C=O) groups is 3. The van der Waals surface area contributed by atoms with Gasteiger partial charge in [0.05, 0.1) is 11.5 Å². The third kappa shape index (κ3) is 6.67.